The molecule has 24 heavy (non-hydrogen) atoms. The van der Waals surface area contributed by atoms with Gasteiger partial charge in [-0.1, -0.05) is 12.1 Å². The minimum absolute atomic E-state index is 0.00217. The third-order valence-corrected chi connectivity index (χ3v) is 3.72. The normalized spacial score (nSPS) is 10.4. The van der Waals surface area contributed by atoms with E-state index in [0.717, 1.165) is 22.7 Å². The zero-order valence-electron chi connectivity index (χ0n) is 13.5. The van der Waals surface area contributed by atoms with Crippen LogP contribution in [0.25, 0.3) is 5.69 Å². The van der Waals surface area contributed by atoms with Gasteiger partial charge < -0.3 is 10.1 Å². The molecule has 0 aliphatic carbocycles. The van der Waals surface area contributed by atoms with Crippen LogP contribution in [0.4, 0.5) is 5.69 Å². The predicted molar refractivity (Wildman–Crippen MR) is 93.5 cm³/mol. The predicted octanol–water partition coefficient (Wildman–Crippen LogP) is 3.45. The van der Waals surface area contributed by atoms with Crippen LogP contribution in [0.3, 0.4) is 0 Å². The van der Waals surface area contributed by atoms with E-state index in [4.69, 9.17) is 4.74 Å². The second-order valence-electron chi connectivity index (χ2n) is 5.39. The number of benzene rings is 2. The first kappa shape index (κ1) is 15.8. The zero-order valence-corrected chi connectivity index (χ0v) is 13.5. The molecule has 122 valence electrons. The van der Waals surface area contributed by atoms with Gasteiger partial charge in [-0.2, -0.15) is 5.10 Å². The Labute approximate surface area is 140 Å². The Morgan fingerprint density at radius 1 is 1.12 bits per heavy atom. The Hall–Kier alpha value is -3.08. The van der Waals surface area contributed by atoms with Crippen molar-refractivity contribution in [2.24, 2.45) is 0 Å². The van der Waals surface area contributed by atoms with E-state index in [2.05, 4.69) is 10.4 Å². The van der Waals surface area contributed by atoms with E-state index in [1.54, 1.807) is 18.0 Å². The average molecular weight is 321 g/mol. The summed E-state index contributed by atoms with van der Waals surface area (Å²) in [6.07, 6.45) is 4.74. The van der Waals surface area contributed by atoms with E-state index >= 15 is 0 Å². The summed E-state index contributed by atoms with van der Waals surface area (Å²) in [5, 5.41) is 7.09. The molecule has 0 aliphatic rings. The molecule has 2 aromatic carbocycles. The Morgan fingerprint density at radius 2 is 1.88 bits per heavy atom. The zero-order chi connectivity index (χ0) is 16.8. The van der Waals surface area contributed by atoms with Gasteiger partial charge in [0.15, 0.2) is 0 Å². The van der Waals surface area contributed by atoms with Gasteiger partial charge in [0.2, 0.25) is 5.91 Å². The maximum Gasteiger partial charge on any atom is 0.224 e. The molecule has 3 rings (SSSR count). The molecule has 0 spiro atoms. The van der Waals surface area contributed by atoms with Crippen LogP contribution < -0.4 is 10.1 Å². The first-order chi connectivity index (χ1) is 11.7. The van der Waals surface area contributed by atoms with Gasteiger partial charge in [-0.15, -0.1) is 0 Å². The van der Waals surface area contributed by atoms with Gasteiger partial charge in [0.1, 0.15) is 5.75 Å². The maximum atomic E-state index is 12.1. The van der Waals surface area contributed by atoms with Crippen LogP contribution in [-0.2, 0) is 11.2 Å². The highest BCUT2D eigenvalue weighted by Crippen LogP contribution is 2.15. The molecule has 1 amide bonds. The molecule has 0 atom stereocenters. The van der Waals surface area contributed by atoms with Crippen molar-refractivity contribution in [1.82, 2.24) is 9.78 Å². The fraction of sp³-hybridized carbons (Fsp3) is 0.158. The topological polar surface area (TPSA) is 56.1 Å². The molecule has 1 aromatic heterocycles. The van der Waals surface area contributed by atoms with E-state index in [-0.39, 0.29) is 5.91 Å². The maximum absolute atomic E-state index is 12.1. The average Bonchev–Trinajstić information content (AvgIpc) is 3.16. The number of aryl methyl sites for hydroxylation is 1. The van der Waals surface area contributed by atoms with Crippen LogP contribution in [0.5, 0.6) is 5.75 Å². The minimum atomic E-state index is -0.00217. The number of aromatic nitrogens is 2. The number of ether oxygens (including phenoxy) is 1. The number of rotatable bonds is 6. The summed E-state index contributed by atoms with van der Waals surface area (Å²) >= 11 is 0. The van der Waals surface area contributed by atoms with Crippen molar-refractivity contribution in [3.05, 3.63) is 72.6 Å². The minimum Gasteiger partial charge on any atom is -0.497 e. The molecule has 0 saturated carbocycles. The second-order valence-corrected chi connectivity index (χ2v) is 5.39. The number of carbonyl (C=O) groups excluding carboxylic acids is 1. The van der Waals surface area contributed by atoms with Gasteiger partial charge in [0.05, 0.1) is 12.8 Å². The molecule has 5 heteroatoms. The molecule has 5 nitrogen and oxygen atoms in total. The summed E-state index contributed by atoms with van der Waals surface area (Å²) in [7, 11) is 1.64. The number of hydrogen-bond acceptors (Lipinski definition) is 3. The monoisotopic (exact) mass is 321 g/mol. The van der Waals surface area contributed by atoms with Crippen LogP contribution >= 0.6 is 0 Å². The van der Waals surface area contributed by atoms with Crippen LogP contribution in [0.2, 0.25) is 0 Å². The fourth-order valence-electron chi connectivity index (χ4n) is 2.39. The standard InChI is InChI=1S/C19H19N3O2/c1-24-18-10-3-15(4-11-18)5-12-19(23)21-16-6-8-17(9-7-16)22-14-2-13-20-22/h2-4,6-11,13-14H,5,12H2,1H3,(H,21,23). The van der Waals surface area contributed by atoms with Gasteiger partial charge in [-0.3, -0.25) is 4.79 Å². The van der Waals surface area contributed by atoms with E-state index in [1.807, 2.05) is 60.8 Å². The SMILES string of the molecule is COc1ccc(CCC(=O)Nc2ccc(-n3cccn3)cc2)cc1. The smallest absolute Gasteiger partial charge is 0.224 e. The van der Waals surface area contributed by atoms with Crippen molar-refractivity contribution in [3.8, 4) is 11.4 Å². The molecule has 0 aliphatic heterocycles. The summed E-state index contributed by atoms with van der Waals surface area (Å²) in [5.74, 6) is 0.818. The number of amides is 1. The lowest BCUT2D eigenvalue weighted by Gasteiger charge is -2.07. The van der Waals surface area contributed by atoms with Crippen molar-refractivity contribution in [1.29, 1.82) is 0 Å². The Morgan fingerprint density at radius 3 is 2.50 bits per heavy atom. The number of anilines is 1. The van der Waals surface area contributed by atoms with Crippen molar-refractivity contribution in [2.45, 2.75) is 12.8 Å². The van der Waals surface area contributed by atoms with Crippen molar-refractivity contribution in [2.75, 3.05) is 12.4 Å². The van der Waals surface area contributed by atoms with Crippen LogP contribution in [0.15, 0.2) is 67.0 Å². The molecular formula is C19H19N3O2. The third-order valence-electron chi connectivity index (χ3n) is 3.72. The van der Waals surface area contributed by atoms with Gasteiger partial charge in [0.25, 0.3) is 0 Å². The van der Waals surface area contributed by atoms with Crippen LogP contribution in [0, 0.1) is 0 Å². The molecule has 3 aromatic rings. The summed E-state index contributed by atoms with van der Waals surface area (Å²) < 4.78 is 6.90. The highest BCUT2D eigenvalue weighted by Gasteiger charge is 2.04. The number of methoxy groups -OCH3 is 1. The number of nitrogens with zero attached hydrogens (tertiary/aromatic N) is 2. The molecule has 0 unspecified atom stereocenters. The van der Waals surface area contributed by atoms with E-state index in [1.165, 1.54) is 0 Å². The Kier molecular flexibility index (Phi) is 4.91. The van der Waals surface area contributed by atoms with E-state index in [0.29, 0.717) is 12.8 Å². The van der Waals surface area contributed by atoms with Crippen molar-refractivity contribution in [3.63, 3.8) is 0 Å². The molecule has 0 fully saturated rings. The van der Waals surface area contributed by atoms with E-state index < -0.39 is 0 Å². The molecule has 1 heterocycles. The fourth-order valence-corrected chi connectivity index (χ4v) is 2.39. The number of carbonyl (C=O) groups is 1. The van der Waals surface area contributed by atoms with Gasteiger partial charge in [-0.25, -0.2) is 4.68 Å². The Bertz CT molecular complexity index is 778. The van der Waals surface area contributed by atoms with Crippen molar-refractivity contribution >= 4 is 11.6 Å². The lowest BCUT2D eigenvalue weighted by atomic mass is 10.1. The van der Waals surface area contributed by atoms with E-state index in [9.17, 15) is 4.79 Å². The van der Waals surface area contributed by atoms with Gasteiger partial charge in [-0.05, 0) is 54.4 Å². The molecule has 1 N–H and O–H groups in total. The highest BCUT2D eigenvalue weighted by atomic mass is 16.5. The first-order valence-electron chi connectivity index (χ1n) is 7.77. The summed E-state index contributed by atoms with van der Waals surface area (Å²) in [5.41, 5.74) is 2.85. The van der Waals surface area contributed by atoms with Crippen LogP contribution in [0.1, 0.15) is 12.0 Å². The summed E-state index contributed by atoms with van der Waals surface area (Å²) in [6, 6.07) is 17.2. The second kappa shape index (κ2) is 7.46. The lowest BCUT2D eigenvalue weighted by Crippen LogP contribution is -2.12. The van der Waals surface area contributed by atoms with Gasteiger partial charge in [0, 0.05) is 24.5 Å². The molecule has 0 bridgehead atoms. The number of hydrogen-bond donors (Lipinski definition) is 1. The first-order valence-corrected chi connectivity index (χ1v) is 7.77. The molecular weight excluding hydrogens is 302 g/mol. The van der Waals surface area contributed by atoms with Gasteiger partial charge >= 0.3 is 0 Å². The van der Waals surface area contributed by atoms with Crippen LogP contribution in [-0.4, -0.2) is 22.8 Å². The summed E-state index contributed by atoms with van der Waals surface area (Å²) in [4.78, 5) is 12.1. The largest absolute Gasteiger partial charge is 0.497 e. The molecule has 0 saturated heterocycles. The third kappa shape index (κ3) is 4.01. The Balaban J connectivity index is 1.52. The quantitative estimate of drug-likeness (QED) is 0.756. The molecule has 0 radical (unpaired) electrons. The number of nitrogens with one attached hydrogen (secondary N) is 1. The van der Waals surface area contributed by atoms with Crippen molar-refractivity contribution < 1.29 is 9.53 Å². The summed E-state index contributed by atoms with van der Waals surface area (Å²) in [6.45, 7) is 0. The lowest BCUT2D eigenvalue weighted by molar-refractivity contribution is -0.116. The highest BCUT2D eigenvalue weighted by molar-refractivity contribution is 5.90.